The zero-order valence-corrected chi connectivity index (χ0v) is 14.5. The number of nitrogens with one attached hydrogen (secondary N) is 1. The van der Waals surface area contributed by atoms with Gasteiger partial charge in [0.25, 0.3) is 0 Å². The first-order valence-corrected chi connectivity index (χ1v) is 8.47. The number of nitrogens with zero attached hydrogens (tertiary/aromatic N) is 3. The van der Waals surface area contributed by atoms with Gasteiger partial charge < -0.3 is 5.32 Å². The second kappa shape index (κ2) is 8.58. The molecule has 3 heterocycles. The molecule has 1 aliphatic rings. The van der Waals surface area contributed by atoms with Crippen molar-refractivity contribution < 1.29 is 0 Å². The highest BCUT2D eigenvalue weighted by atomic mass is 35.5. The molecule has 1 aliphatic heterocycles. The third-order valence-corrected chi connectivity index (χ3v) is 4.93. The summed E-state index contributed by atoms with van der Waals surface area (Å²) in [5.41, 5.74) is 2.12. The highest BCUT2D eigenvalue weighted by molar-refractivity contribution is 7.13. The summed E-state index contributed by atoms with van der Waals surface area (Å²) in [4.78, 5) is 11.6. The molecule has 120 valence electrons. The van der Waals surface area contributed by atoms with E-state index in [1.807, 2.05) is 24.4 Å². The molecule has 1 fully saturated rings. The van der Waals surface area contributed by atoms with E-state index in [-0.39, 0.29) is 12.4 Å². The molecule has 2 aromatic rings. The fourth-order valence-corrected chi connectivity index (χ4v) is 3.60. The molecule has 1 saturated heterocycles. The van der Waals surface area contributed by atoms with Crippen LogP contribution in [0.3, 0.4) is 0 Å². The molecule has 0 aromatic carbocycles. The van der Waals surface area contributed by atoms with Gasteiger partial charge in [0.15, 0.2) is 0 Å². The molecule has 1 N–H and O–H groups in total. The summed E-state index contributed by atoms with van der Waals surface area (Å²) >= 11 is 1.68. The van der Waals surface area contributed by atoms with Gasteiger partial charge >= 0.3 is 0 Å². The van der Waals surface area contributed by atoms with Gasteiger partial charge in [-0.15, -0.1) is 23.7 Å². The molecule has 0 aliphatic carbocycles. The molecule has 4 nitrogen and oxygen atoms in total. The third kappa shape index (κ3) is 4.49. The lowest BCUT2D eigenvalue weighted by Gasteiger charge is -2.25. The summed E-state index contributed by atoms with van der Waals surface area (Å²) in [6, 6.07) is 6.63. The smallest absolute Gasteiger partial charge is 0.142 e. The Balaban J connectivity index is 0.00000176. The maximum atomic E-state index is 4.74. The minimum Gasteiger partial charge on any atom is -0.317 e. The van der Waals surface area contributed by atoms with Crippen molar-refractivity contribution in [2.24, 2.45) is 0 Å². The van der Waals surface area contributed by atoms with Crippen molar-refractivity contribution in [3.05, 3.63) is 35.5 Å². The van der Waals surface area contributed by atoms with E-state index < -0.39 is 0 Å². The second-order valence-electron chi connectivity index (χ2n) is 5.61. The van der Waals surface area contributed by atoms with Crippen LogP contribution in [-0.2, 0) is 6.54 Å². The standard InChI is InChI=1S/C16H22N4S.ClH/c1-20(14-5-4-8-17-10-7-14)11-13-12-21-16(19-13)15-6-2-3-9-18-15;/h2-3,6,9,12,14,17H,4-5,7-8,10-11H2,1H3;1H. The molecule has 3 rings (SSSR count). The minimum absolute atomic E-state index is 0. The SMILES string of the molecule is CN(Cc1csc(-c2ccccn2)n1)C1CCCNCC1.Cl. The Kier molecular flexibility index (Phi) is 6.76. The molecule has 0 saturated carbocycles. The van der Waals surface area contributed by atoms with Crippen LogP contribution in [0.25, 0.3) is 10.7 Å². The quantitative estimate of drug-likeness (QED) is 0.929. The number of aromatic nitrogens is 2. The summed E-state index contributed by atoms with van der Waals surface area (Å²) in [7, 11) is 2.22. The lowest BCUT2D eigenvalue weighted by molar-refractivity contribution is 0.214. The summed E-state index contributed by atoms with van der Waals surface area (Å²) in [6.07, 6.45) is 5.60. The average molecular weight is 339 g/mol. The normalized spacial score (nSPS) is 18.7. The van der Waals surface area contributed by atoms with E-state index in [0.29, 0.717) is 6.04 Å². The van der Waals surface area contributed by atoms with Crippen LogP contribution in [0.5, 0.6) is 0 Å². The van der Waals surface area contributed by atoms with Crippen LogP contribution in [0.4, 0.5) is 0 Å². The number of rotatable bonds is 4. The minimum atomic E-state index is 0. The van der Waals surface area contributed by atoms with E-state index in [1.165, 1.54) is 19.3 Å². The molecule has 0 radical (unpaired) electrons. The van der Waals surface area contributed by atoms with E-state index in [9.17, 15) is 0 Å². The van der Waals surface area contributed by atoms with Gasteiger partial charge in [-0.25, -0.2) is 4.98 Å². The van der Waals surface area contributed by atoms with Crippen molar-refractivity contribution in [2.45, 2.75) is 31.8 Å². The van der Waals surface area contributed by atoms with E-state index in [4.69, 9.17) is 4.98 Å². The van der Waals surface area contributed by atoms with Crippen LogP contribution in [0, 0.1) is 0 Å². The molecular weight excluding hydrogens is 316 g/mol. The van der Waals surface area contributed by atoms with E-state index >= 15 is 0 Å². The maximum Gasteiger partial charge on any atom is 0.142 e. The van der Waals surface area contributed by atoms with Gasteiger partial charge in [0.05, 0.1) is 11.4 Å². The molecule has 22 heavy (non-hydrogen) atoms. The third-order valence-electron chi connectivity index (χ3n) is 4.02. The molecule has 2 aromatic heterocycles. The lowest BCUT2D eigenvalue weighted by Crippen LogP contribution is -2.32. The Hall–Kier alpha value is -1.01. The van der Waals surface area contributed by atoms with Gasteiger partial charge in [-0.2, -0.15) is 0 Å². The monoisotopic (exact) mass is 338 g/mol. The Bertz CT molecular complexity index is 552. The first-order chi connectivity index (χ1) is 10.3. The van der Waals surface area contributed by atoms with E-state index in [0.717, 1.165) is 36.0 Å². The van der Waals surface area contributed by atoms with E-state index in [2.05, 4.69) is 27.6 Å². The predicted octanol–water partition coefficient (Wildman–Crippen LogP) is 3.20. The molecule has 0 bridgehead atoms. The molecule has 1 unspecified atom stereocenters. The Morgan fingerprint density at radius 3 is 3.05 bits per heavy atom. The van der Waals surface area contributed by atoms with Gasteiger partial charge in [0, 0.05) is 24.2 Å². The van der Waals surface area contributed by atoms with Gasteiger partial charge in [0.1, 0.15) is 5.01 Å². The largest absolute Gasteiger partial charge is 0.317 e. The molecule has 0 amide bonds. The van der Waals surface area contributed by atoms with Crippen LogP contribution in [0.2, 0.25) is 0 Å². The van der Waals surface area contributed by atoms with Crippen molar-refractivity contribution in [2.75, 3.05) is 20.1 Å². The number of hydrogen-bond acceptors (Lipinski definition) is 5. The van der Waals surface area contributed by atoms with Gasteiger partial charge in [-0.1, -0.05) is 6.07 Å². The summed E-state index contributed by atoms with van der Waals surface area (Å²) in [6.45, 7) is 3.21. The molecular formula is C16H23ClN4S. The first-order valence-electron chi connectivity index (χ1n) is 7.59. The second-order valence-corrected chi connectivity index (χ2v) is 6.47. The highest BCUT2D eigenvalue weighted by Gasteiger charge is 2.17. The fourth-order valence-electron chi connectivity index (χ4n) is 2.81. The molecule has 0 spiro atoms. The summed E-state index contributed by atoms with van der Waals surface area (Å²) in [5, 5.41) is 6.65. The van der Waals surface area contributed by atoms with Crippen LogP contribution < -0.4 is 5.32 Å². The zero-order chi connectivity index (χ0) is 14.5. The van der Waals surface area contributed by atoms with Crippen LogP contribution in [0.15, 0.2) is 29.8 Å². The van der Waals surface area contributed by atoms with Crippen molar-refractivity contribution in [1.29, 1.82) is 0 Å². The van der Waals surface area contributed by atoms with Crippen LogP contribution in [0.1, 0.15) is 25.0 Å². The lowest BCUT2D eigenvalue weighted by atomic mass is 10.1. The number of thiazole rings is 1. The molecule has 1 atom stereocenters. The number of hydrogen-bond donors (Lipinski definition) is 1. The van der Waals surface area contributed by atoms with Gasteiger partial charge in [0.2, 0.25) is 0 Å². The Labute approximate surface area is 142 Å². The van der Waals surface area contributed by atoms with Gasteiger partial charge in [-0.05, 0) is 51.5 Å². The average Bonchev–Trinajstić information content (AvgIpc) is 2.81. The van der Waals surface area contributed by atoms with Gasteiger partial charge in [-0.3, -0.25) is 9.88 Å². The van der Waals surface area contributed by atoms with Crippen molar-refractivity contribution in [1.82, 2.24) is 20.2 Å². The first kappa shape index (κ1) is 17.3. The Morgan fingerprint density at radius 1 is 1.32 bits per heavy atom. The maximum absolute atomic E-state index is 4.74. The van der Waals surface area contributed by atoms with Crippen molar-refractivity contribution >= 4 is 23.7 Å². The summed E-state index contributed by atoms with van der Waals surface area (Å²) in [5.74, 6) is 0. The van der Waals surface area contributed by atoms with Crippen LogP contribution in [-0.4, -0.2) is 41.0 Å². The van der Waals surface area contributed by atoms with Crippen LogP contribution >= 0.6 is 23.7 Å². The van der Waals surface area contributed by atoms with Crippen molar-refractivity contribution in [3.63, 3.8) is 0 Å². The zero-order valence-electron chi connectivity index (χ0n) is 12.9. The number of pyridine rings is 1. The Morgan fingerprint density at radius 2 is 2.23 bits per heavy atom. The fraction of sp³-hybridized carbons (Fsp3) is 0.500. The van der Waals surface area contributed by atoms with E-state index in [1.54, 1.807) is 11.3 Å². The number of halogens is 1. The summed E-state index contributed by atoms with van der Waals surface area (Å²) < 4.78 is 0. The predicted molar refractivity (Wildman–Crippen MR) is 94.6 cm³/mol. The molecule has 6 heteroatoms. The highest BCUT2D eigenvalue weighted by Crippen LogP contribution is 2.23. The van der Waals surface area contributed by atoms with Crippen molar-refractivity contribution in [3.8, 4) is 10.7 Å². The topological polar surface area (TPSA) is 41.1 Å².